The van der Waals surface area contributed by atoms with Crippen molar-refractivity contribution in [3.8, 4) is 5.75 Å². The van der Waals surface area contributed by atoms with Gasteiger partial charge in [0.1, 0.15) is 11.6 Å². The van der Waals surface area contributed by atoms with Gasteiger partial charge in [-0.1, -0.05) is 43.0 Å². The molecule has 0 spiro atoms. The van der Waals surface area contributed by atoms with Crippen molar-refractivity contribution in [2.75, 3.05) is 12.9 Å². The summed E-state index contributed by atoms with van der Waals surface area (Å²) in [7, 11) is 1.62. The number of benzene rings is 2. The van der Waals surface area contributed by atoms with Gasteiger partial charge in [-0.2, -0.15) is 0 Å². The maximum Gasteiger partial charge on any atom is 0.202 e. The Morgan fingerprint density at radius 1 is 1.12 bits per heavy atom. The van der Waals surface area contributed by atoms with Crippen molar-refractivity contribution in [3.05, 3.63) is 74.6 Å². The second-order valence-electron chi connectivity index (χ2n) is 5.32. The summed E-state index contributed by atoms with van der Waals surface area (Å²) in [5.41, 5.74) is 2.36. The Morgan fingerprint density at radius 3 is 2.40 bits per heavy atom. The van der Waals surface area contributed by atoms with Gasteiger partial charge in [0.2, 0.25) is 5.78 Å². The van der Waals surface area contributed by atoms with E-state index in [4.69, 9.17) is 4.74 Å². The van der Waals surface area contributed by atoms with Gasteiger partial charge in [0.05, 0.1) is 21.8 Å². The van der Waals surface area contributed by atoms with Crippen LogP contribution < -0.4 is 4.74 Å². The van der Waals surface area contributed by atoms with Crippen LogP contribution in [-0.4, -0.2) is 18.6 Å². The van der Waals surface area contributed by atoms with Crippen molar-refractivity contribution in [3.63, 3.8) is 0 Å². The molecule has 0 radical (unpaired) electrons. The third-order valence-electron chi connectivity index (χ3n) is 3.68. The zero-order valence-electron chi connectivity index (χ0n) is 13.9. The van der Waals surface area contributed by atoms with Crippen LogP contribution in [0.3, 0.4) is 0 Å². The number of ether oxygens (including phenoxy) is 1. The number of carbonyl (C=O) groups is 1. The van der Waals surface area contributed by atoms with Gasteiger partial charge >= 0.3 is 0 Å². The maximum atomic E-state index is 13.2. The summed E-state index contributed by atoms with van der Waals surface area (Å²) in [6, 6.07) is 13.7. The Bertz CT molecular complexity index is 837. The first kappa shape index (κ1) is 17.8. The van der Waals surface area contributed by atoms with Crippen molar-refractivity contribution < 1.29 is 13.9 Å². The van der Waals surface area contributed by atoms with E-state index in [1.54, 1.807) is 31.0 Å². The summed E-state index contributed by atoms with van der Waals surface area (Å²) in [6.45, 7) is 2.05. The fourth-order valence-electron chi connectivity index (χ4n) is 2.46. The summed E-state index contributed by atoms with van der Waals surface area (Å²) in [5.74, 6) is 1.33. The first-order chi connectivity index (χ1) is 12.1. The second-order valence-corrected chi connectivity index (χ2v) is 7.90. The van der Waals surface area contributed by atoms with Crippen LogP contribution in [0.2, 0.25) is 0 Å². The predicted molar refractivity (Wildman–Crippen MR) is 105 cm³/mol. The molecule has 0 saturated heterocycles. The molecule has 0 bridgehead atoms. The molecule has 1 heterocycles. The summed E-state index contributed by atoms with van der Waals surface area (Å²) >= 11 is 3.12. The standard InChI is InChI=1S/C20H17FO2S2/c1-3-24-20-18(14-6-8-15(21)9-7-14)19(22)17(25-20)12-13-4-10-16(23-2)11-5-13/h4-12H,3H2,1-2H3/b17-12-. The molecule has 0 unspecified atom stereocenters. The molecule has 3 rings (SSSR count). The van der Waals surface area contributed by atoms with E-state index in [9.17, 15) is 9.18 Å². The van der Waals surface area contributed by atoms with Crippen LogP contribution in [0.4, 0.5) is 4.39 Å². The highest BCUT2D eigenvalue weighted by Gasteiger charge is 2.30. The Morgan fingerprint density at radius 2 is 1.80 bits per heavy atom. The topological polar surface area (TPSA) is 26.3 Å². The summed E-state index contributed by atoms with van der Waals surface area (Å²) < 4.78 is 19.3. The molecule has 1 aliphatic rings. The highest BCUT2D eigenvalue weighted by molar-refractivity contribution is 8.25. The van der Waals surface area contributed by atoms with Gasteiger partial charge in [-0.15, -0.1) is 11.8 Å². The van der Waals surface area contributed by atoms with Gasteiger partial charge in [0, 0.05) is 0 Å². The Kier molecular flexibility index (Phi) is 5.66. The molecule has 0 aromatic heterocycles. The van der Waals surface area contributed by atoms with Gasteiger partial charge in [-0.3, -0.25) is 4.79 Å². The summed E-state index contributed by atoms with van der Waals surface area (Å²) in [5, 5.41) is 0. The van der Waals surface area contributed by atoms with E-state index in [0.29, 0.717) is 10.5 Å². The molecular formula is C20H17FO2S2. The number of ketones is 1. The van der Waals surface area contributed by atoms with Crippen molar-refractivity contribution in [1.29, 1.82) is 0 Å². The third kappa shape index (κ3) is 3.99. The normalized spacial score (nSPS) is 16.0. The Balaban J connectivity index is 1.94. The van der Waals surface area contributed by atoms with Crippen LogP contribution in [0.15, 0.2) is 57.7 Å². The van der Waals surface area contributed by atoms with Crippen LogP contribution in [0.25, 0.3) is 11.6 Å². The third-order valence-corrected chi connectivity index (χ3v) is 5.95. The van der Waals surface area contributed by atoms with Crippen LogP contribution in [0.5, 0.6) is 5.75 Å². The van der Waals surface area contributed by atoms with Crippen LogP contribution in [0.1, 0.15) is 18.1 Å². The Hall–Kier alpha value is -1.98. The lowest BCUT2D eigenvalue weighted by Crippen LogP contribution is -1.98. The molecule has 128 valence electrons. The lowest BCUT2D eigenvalue weighted by molar-refractivity contribution is -0.109. The van der Waals surface area contributed by atoms with E-state index in [1.807, 2.05) is 30.3 Å². The van der Waals surface area contributed by atoms with Gasteiger partial charge in [0.25, 0.3) is 0 Å². The molecule has 0 atom stereocenters. The minimum atomic E-state index is -0.304. The lowest BCUT2D eigenvalue weighted by Gasteiger charge is -2.03. The fourth-order valence-corrected chi connectivity index (χ4v) is 4.84. The number of methoxy groups -OCH3 is 1. The highest BCUT2D eigenvalue weighted by Crippen LogP contribution is 2.48. The summed E-state index contributed by atoms with van der Waals surface area (Å²) in [4.78, 5) is 13.6. The first-order valence-corrected chi connectivity index (χ1v) is 9.64. The Labute approximate surface area is 155 Å². The molecule has 25 heavy (non-hydrogen) atoms. The SMILES string of the molecule is CCSC1=C(c2ccc(F)cc2)C(=O)/C(=C/c2ccc(OC)cc2)S1. The number of hydrogen-bond acceptors (Lipinski definition) is 4. The van der Waals surface area contributed by atoms with Crippen molar-refractivity contribution >= 4 is 41.0 Å². The number of thioether (sulfide) groups is 2. The average Bonchev–Trinajstić information content (AvgIpc) is 2.92. The monoisotopic (exact) mass is 372 g/mol. The van der Waals surface area contributed by atoms with Gasteiger partial charge in [-0.05, 0) is 47.2 Å². The van der Waals surface area contributed by atoms with Crippen LogP contribution in [0, 0.1) is 5.82 Å². The second kappa shape index (κ2) is 7.93. The zero-order valence-corrected chi connectivity index (χ0v) is 15.5. The molecule has 2 nitrogen and oxygen atoms in total. The van der Waals surface area contributed by atoms with E-state index in [1.165, 1.54) is 23.9 Å². The largest absolute Gasteiger partial charge is 0.497 e. The van der Waals surface area contributed by atoms with Gasteiger partial charge < -0.3 is 4.74 Å². The molecule has 5 heteroatoms. The molecule has 1 aliphatic heterocycles. The molecule has 2 aromatic carbocycles. The van der Waals surface area contributed by atoms with Gasteiger partial charge in [0.15, 0.2) is 0 Å². The van der Waals surface area contributed by atoms with E-state index >= 15 is 0 Å². The number of Topliss-reactive ketones (excluding diaryl/α,β-unsaturated/α-hetero) is 1. The van der Waals surface area contributed by atoms with Crippen molar-refractivity contribution in [2.45, 2.75) is 6.92 Å². The minimum absolute atomic E-state index is 0.0108. The van der Waals surface area contributed by atoms with Gasteiger partial charge in [-0.25, -0.2) is 4.39 Å². The van der Waals surface area contributed by atoms with E-state index in [2.05, 4.69) is 6.92 Å². The molecular weight excluding hydrogens is 355 g/mol. The van der Waals surface area contributed by atoms with Crippen molar-refractivity contribution in [2.24, 2.45) is 0 Å². The number of allylic oxidation sites excluding steroid dienone is 2. The molecule has 0 aliphatic carbocycles. The average molecular weight is 372 g/mol. The molecule has 0 saturated carbocycles. The van der Waals surface area contributed by atoms with E-state index in [-0.39, 0.29) is 11.6 Å². The molecule has 2 aromatic rings. The number of halogens is 1. The lowest BCUT2D eigenvalue weighted by atomic mass is 10.0. The van der Waals surface area contributed by atoms with Crippen LogP contribution >= 0.6 is 23.5 Å². The summed E-state index contributed by atoms with van der Waals surface area (Å²) in [6.07, 6.45) is 1.89. The van der Waals surface area contributed by atoms with E-state index < -0.39 is 0 Å². The van der Waals surface area contributed by atoms with E-state index in [0.717, 1.165) is 26.9 Å². The zero-order chi connectivity index (χ0) is 17.8. The molecule has 0 N–H and O–H groups in total. The smallest absolute Gasteiger partial charge is 0.202 e. The maximum absolute atomic E-state index is 13.2. The number of carbonyl (C=O) groups excluding carboxylic acids is 1. The quantitative estimate of drug-likeness (QED) is 0.637. The highest BCUT2D eigenvalue weighted by atomic mass is 32.2. The number of hydrogen-bond donors (Lipinski definition) is 0. The fraction of sp³-hybridized carbons (Fsp3) is 0.150. The molecule has 0 amide bonds. The predicted octanol–water partition coefficient (Wildman–Crippen LogP) is 5.61. The minimum Gasteiger partial charge on any atom is -0.497 e. The van der Waals surface area contributed by atoms with Crippen molar-refractivity contribution in [1.82, 2.24) is 0 Å². The number of rotatable bonds is 5. The molecule has 0 fully saturated rings. The first-order valence-electron chi connectivity index (χ1n) is 7.83. The van der Waals surface area contributed by atoms with Crippen LogP contribution in [-0.2, 0) is 4.79 Å².